The molecule has 0 saturated heterocycles. The van der Waals surface area contributed by atoms with Crippen LogP contribution in [0.5, 0.6) is 0 Å². The molecule has 0 aliphatic heterocycles. The van der Waals surface area contributed by atoms with Crippen LogP contribution in [0.1, 0.15) is 9.67 Å². The quantitative estimate of drug-likeness (QED) is 0.933. The number of sulfone groups is 1. The zero-order valence-electron chi connectivity index (χ0n) is 9.58. The van der Waals surface area contributed by atoms with Crippen molar-refractivity contribution in [2.75, 3.05) is 6.26 Å². The predicted molar refractivity (Wildman–Crippen MR) is 71.4 cm³/mol. The normalized spacial score (nSPS) is 11.4. The summed E-state index contributed by atoms with van der Waals surface area (Å²) in [6.45, 7) is 0. The maximum absolute atomic E-state index is 11.3. The molecule has 0 saturated carbocycles. The van der Waals surface area contributed by atoms with E-state index in [1.54, 1.807) is 23.6 Å². The van der Waals surface area contributed by atoms with Gasteiger partial charge in [0, 0.05) is 11.8 Å². The molecule has 1 heterocycles. The number of rotatable bonds is 3. The minimum absolute atomic E-state index is 0.252. The number of carbonyl (C=O) groups is 1. The molecule has 1 aromatic heterocycles. The van der Waals surface area contributed by atoms with Crippen LogP contribution in [0, 0.1) is 0 Å². The highest BCUT2D eigenvalue weighted by atomic mass is 32.2. The van der Waals surface area contributed by atoms with Crippen molar-refractivity contribution >= 4 is 27.1 Å². The molecular formula is C12H11NO3S2. The number of hydrogen-bond donors (Lipinski definition) is 1. The van der Waals surface area contributed by atoms with Crippen LogP contribution >= 0.6 is 11.3 Å². The standard InChI is InChI=1S/C12H11NO3S2/c1-18(15,16)9-4-2-8(3-5-9)10-6-7-17-11(10)12(13)14/h2-7H,1H3,(H2,13,14). The van der Waals surface area contributed by atoms with Crippen LogP contribution in [0.4, 0.5) is 0 Å². The maximum atomic E-state index is 11.3. The summed E-state index contributed by atoms with van der Waals surface area (Å²) in [4.78, 5) is 11.9. The Morgan fingerprint density at radius 3 is 2.28 bits per heavy atom. The summed E-state index contributed by atoms with van der Waals surface area (Å²) in [5.41, 5.74) is 6.78. The van der Waals surface area contributed by atoms with E-state index >= 15 is 0 Å². The smallest absolute Gasteiger partial charge is 0.259 e. The van der Waals surface area contributed by atoms with Crippen LogP contribution in [0.2, 0.25) is 0 Å². The molecule has 2 rings (SSSR count). The number of thiophene rings is 1. The highest BCUT2D eigenvalue weighted by Crippen LogP contribution is 2.28. The number of carbonyl (C=O) groups excluding carboxylic acids is 1. The highest BCUT2D eigenvalue weighted by molar-refractivity contribution is 7.90. The zero-order chi connectivity index (χ0) is 13.3. The van der Waals surface area contributed by atoms with Crippen molar-refractivity contribution in [1.82, 2.24) is 0 Å². The van der Waals surface area contributed by atoms with Crippen molar-refractivity contribution in [1.29, 1.82) is 0 Å². The monoisotopic (exact) mass is 281 g/mol. The van der Waals surface area contributed by atoms with Gasteiger partial charge in [-0.2, -0.15) is 0 Å². The molecule has 2 aromatic rings. The Morgan fingerprint density at radius 1 is 1.17 bits per heavy atom. The van der Waals surface area contributed by atoms with Crippen LogP contribution in [0.25, 0.3) is 11.1 Å². The summed E-state index contributed by atoms with van der Waals surface area (Å²) in [5.74, 6) is -0.479. The van der Waals surface area contributed by atoms with E-state index in [0.717, 1.165) is 17.4 Å². The Kier molecular flexibility index (Phi) is 3.23. The minimum atomic E-state index is -3.20. The van der Waals surface area contributed by atoms with Gasteiger partial charge in [0.15, 0.2) is 9.84 Å². The third-order valence-corrected chi connectivity index (χ3v) is 4.54. The first-order valence-corrected chi connectivity index (χ1v) is 7.84. The fourth-order valence-corrected chi connectivity index (χ4v) is 3.01. The molecule has 4 nitrogen and oxygen atoms in total. The van der Waals surface area contributed by atoms with E-state index in [1.165, 1.54) is 23.5 Å². The first-order valence-electron chi connectivity index (χ1n) is 5.07. The van der Waals surface area contributed by atoms with Crippen molar-refractivity contribution < 1.29 is 13.2 Å². The molecule has 0 aliphatic carbocycles. The van der Waals surface area contributed by atoms with Gasteiger partial charge in [-0.15, -0.1) is 11.3 Å². The lowest BCUT2D eigenvalue weighted by Gasteiger charge is -2.03. The Balaban J connectivity index is 2.47. The van der Waals surface area contributed by atoms with Crippen LogP contribution in [0.15, 0.2) is 40.6 Å². The second kappa shape index (κ2) is 4.55. The lowest BCUT2D eigenvalue weighted by molar-refractivity contribution is 0.100. The third-order valence-electron chi connectivity index (χ3n) is 2.48. The molecule has 1 aromatic carbocycles. The molecule has 18 heavy (non-hydrogen) atoms. The lowest BCUT2D eigenvalue weighted by Crippen LogP contribution is -2.09. The summed E-state index contributed by atoms with van der Waals surface area (Å²) in [6.07, 6.45) is 1.15. The number of benzene rings is 1. The number of amides is 1. The van der Waals surface area contributed by atoms with Crippen LogP contribution < -0.4 is 5.73 Å². The van der Waals surface area contributed by atoms with E-state index in [2.05, 4.69) is 0 Å². The first kappa shape index (κ1) is 12.8. The maximum Gasteiger partial charge on any atom is 0.259 e. The molecule has 0 bridgehead atoms. The Labute approximate surface area is 109 Å². The molecule has 0 spiro atoms. The summed E-state index contributed by atoms with van der Waals surface area (Å²) in [6, 6.07) is 8.18. The zero-order valence-corrected chi connectivity index (χ0v) is 11.2. The minimum Gasteiger partial charge on any atom is -0.365 e. The van der Waals surface area contributed by atoms with Gasteiger partial charge in [-0.25, -0.2) is 8.42 Å². The Hall–Kier alpha value is -1.66. The van der Waals surface area contributed by atoms with E-state index in [0.29, 0.717) is 4.88 Å². The van der Waals surface area contributed by atoms with Gasteiger partial charge < -0.3 is 5.73 Å². The number of nitrogens with two attached hydrogens (primary N) is 1. The van der Waals surface area contributed by atoms with Crippen LogP contribution in [0.3, 0.4) is 0 Å². The van der Waals surface area contributed by atoms with Gasteiger partial charge in [0.1, 0.15) is 0 Å². The molecule has 0 fully saturated rings. The van der Waals surface area contributed by atoms with Crippen molar-refractivity contribution in [2.24, 2.45) is 5.73 Å². The molecule has 2 N–H and O–H groups in total. The molecular weight excluding hydrogens is 270 g/mol. The molecule has 0 unspecified atom stereocenters. The van der Waals surface area contributed by atoms with E-state index < -0.39 is 15.7 Å². The first-order chi connectivity index (χ1) is 8.39. The van der Waals surface area contributed by atoms with Crippen molar-refractivity contribution in [2.45, 2.75) is 4.90 Å². The van der Waals surface area contributed by atoms with Gasteiger partial charge >= 0.3 is 0 Å². The van der Waals surface area contributed by atoms with E-state index in [4.69, 9.17) is 5.73 Å². The summed E-state index contributed by atoms with van der Waals surface area (Å²) < 4.78 is 22.7. The summed E-state index contributed by atoms with van der Waals surface area (Å²) in [5, 5.41) is 1.78. The van der Waals surface area contributed by atoms with Gasteiger partial charge in [0.25, 0.3) is 5.91 Å². The van der Waals surface area contributed by atoms with Crippen LogP contribution in [-0.4, -0.2) is 20.6 Å². The highest BCUT2D eigenvalue weighted by Gasteiger charge is 2.12. The average Bonchev–Trinajstić information content (AvgIpc) is 2.77. The average molecular weight is 281 g/mol. The summed E-state index contributed by atoms with van der Waals surface area (Å²) >= 11 is 1.27. The SMILES string of the molecule is CS(=O)(=O)c1ccc(-c2ccsc2C(N)=O)cc1. The van der Waals surface area contributed by atoms with E-state index in [-0.39, 0.29) is 4.90 Å². The van der Waals surface area contributed by atoms with E-state index in [9.17, 15) is 13.2 Å². The van der Waals surface area contributed by atoms with Crippen molar-refractivity contribution in [3.8, 4) is 11.1 Å². The second-order valence-corrected chi connectivity index (χ2v) is 6.76. The third kappa shape index (κ3) is 2.44. The predicted octanol–water partition coefficient (Wildman–Crippen LogP) is 1.92. The molecule has 0 aliphatic rings. The second-order valence-electron chi connectivity index (χ2n) is 3.82. The Morgan fingerprint density at radius 2 is 1.78 bits per heavy atom. The topological polar surface area (TPSA) is 77.2 Å². The molecule has 1 amide bonds. The van der Waals surface area contributed by atoms with Gasteiger partial charge in [-0.3, -0.25) is 4.79 Å². The van der Waals surface area contributed by atoms with Crippen molar-refractivity contribution in [3.63, 3.8) is 0 Å². The van der Waals surface area contributed by atoms with Gasteiger partial charge in [0.2, 0.25) is 0 Å². The summed E-state index contributed by atoms with van der Waals surface area (Å²) in [7, 11) is -3.20. The van der Waals surface area contributed by atoms with Crippen LogP contribution in [-0.2, 0) is 9.84 Å². The number of primary amides is 1. The molecule has 0 radical (unpaired) electrons. The van der Waals surface area contributed by atoms with Crippen molar-refractivity contribution in [3.05, 3.63) is 40.6 Å². The molecule has 6 heteroatoms. The number of hydrogen-bond acceptors (Lipinski definition) is 4. The fourth-order valence-electron chi connectivity index (χ4n) is 1.61. The molecule has 94 valence electrons. The Bertz CT molecular complexity index is 684. The van der Waals surface area contributed by atoms with Gasteiger partial charge in [-0.05, 0) is 29.1 Å². The largest absolute Gasteiger partial charge is 0.365 e. The van der Waals surface area contributed by atoms with Gasteiger partial charge in [0.05, 0.1) is 9.77 Å². The van der Waals surface area contributed by atoms with Gasteiger partial charge in [-0.1, -0.05) is 12.1 Å². The lowest BCUT2D eigenvalue weighted by atomic mass is 10.1. The fraction of sp³-hybridized carbons (Fsp3) is 0.0833. The molecule has 0 atom stereocenters. The van der Waals surface area contributed by atoms with E-state index in [1.807, 2.05) is 0 Å².